The number of carbonyl (C=O) groups excluding carboxylic acids is 3. The Labute approximate surface area is 507 Å². The molecule has 0 spiro atoms. The summed E-state index contributed by atoms with van der Waals surface area (Å²) in [4.78, 5) is 37.5. The van der Waals surface area contributed by atoms with Gasteiger partial charge in [-0.1, -0.05) is 311 Å². The van der Waals surface area contributed by atoms with Crippen molar-refractivity contribution in [2.24, 2.45) is 0 Å². The first-order chi connectivity index (χ1) is 40.1. The summed E-state index contributed by atoms with van der Waals surface area (Å²) in [6, 6.07) is 0. The van der Waals surface area contributed by atoms with Gasteiger partial charge >= 0.3 is 11.9 Å². The van der Waals surface area contributed by atoms with Gasteiger partial charge in [-0.15, -0.1) is 0 Å². The van der Waals surface area contributed by atoms with E-state index in [2.05, 4.69) is 86.8 Å². The lowest BCUT2D eigenvalue weighted by molar-refractivity contribution is -0.870. The minimum Gasteiger partial charge on any atom is -0.545 e. The Kier molecular flexibility index (Phi) is 61.2. The lowest BCUT2D eigenvalue weighted by Crippen LogP contribution is -2.44. The normalized spacial score (nSPS) is 13.1. The van der Waals surface area contributed by atoms with Gasteiger partial charge in [0.05, 0.1) is 40.3 Å². The molecule has 9 nitrogen and oxygen atoms in total. The van der Waals surface area contributed by atoms with Crippen LogP contribution in [0.2, 0.25) is 0 Å². The lowest BCUT2D eigenvalue weighted by atomic mass is 10.0. The van der Waals surface area contributed by atoms with Gasteiger partial charge in [0, 0.05) is 12.8 Å². The predicted octanol–water partition coefficient (Wildman–Crippen LogP) is 20.0. The fourth-order valence-electron chi connectivity index (χ4n) is 9.96. The minimum atomic E-state index is -1.62. The van der Waals surface area contributed by atoms with Crippen molar-refractivity contribution in [3.8, 4) is 0 Å². The van der Waals surface area contributed by atoms with Crippen LogP contribution in [0, 0.1) is 0 Å². The maximum atomic E-state index is 12.9. The molecule has 0 bridgehead atoms. The van der Waals surface area contributed by atoms with Gasteiger partial charge in [0.25, 0.3) is 0 Å². The number of carboxylic acid groups (broad SMARTS) is 1. The summed E-state index contributed by atoms with van der Waals surface area (Å²) in [6.07, 6.45) is 81.2. The highest BCUT2D eigenvalue weighted by molar-refractivity contribution is 5.70. The summed E-state index contributed by atoms with van der Waals surface area (Å²) >= 11 is 0. The van der Waals surface area contributed by atoms with Gasteiger partial charge < -0.3 is 33.3 Å². The van der Waals surface area contributed by atoms with Gasteiger partial charge in [0.15, 0.2) is 12.4 Å². The van der Waals surface area contributed by atoms with Gasteiger partial charge in [-0.05, 0) is 64.2 Å². The zero-order valence-corrected chi connectivity index (χ0v) is 54.4. The largest absolute Gasteiger partial charge is 0.545 e. The van der Waals surface area contributed by atoms with Crippen LogP contribution in [0.25, 0.3) is 0 Å². The Balaban J connectivity index is 4.13. The molecule has 0 aliphatic heterocycles. The summed E-state index contributed by atoms with van der Waals surface area (Å²) < 4.78 is 22.8. The number of allylic oxidation sites excluding steroid dienone is 12. The van der Waals surface area contributed by atoms with Crippen LogP contribution in [0.15, 0.2) is 72.9 Å². The van der Waals surface area contributed by atoms with E-state index in [9.17, 15) is 19.5 Å². The Bertz CT molecular complexity index is 1570. The Hall–Kier alpha value is -3.27. The van der Waals surface area contributed by atoms with Crippen LogP contribution in [0.5, 0.6) is 0 Å². The number of ether oxygens (including phenoxy) is 4. The number of quaternary nitrogens is 1. The number of hydrogen-bond donors (Lipinski definition) is 0. The Morgan fingerprint density at radius 2 is 0.695 bits per heavy atom. The molecule has 0 saturated carbocycles. The second kappa shape index (κ2) is 63.7. The van der Waals surface area contributed by atoms with Crippen molar-refractivity contribution in [1.29, 1.82) is 0 Å². The van der Waals surface area contributed by atoms with Crippen molar-refractivity contribution in [3.63, 3.8) is 0 Å². The molecule has 0 saturated heterocycles. The number of aliphatic carboxylic acids is 1. The summed E-state index contributed by atoms with van der Waals surface area (Å²) in [7, 11) is 5.93. The van der Waals surface area contributed by atoms with E-state index in [1.54, 1.807) is 0 Å². The molecule has 2 atom stereocenters. The molecule has 0 aromatic heterocycles. The van der Waals surface area contributed by atoms with Crippen molar-refractivity contribution in [2.75, 3.05) is 47.5 Å². The van der Waals surface area contributed by atoms with Crippen molar-refractivity contribution in [3.05, 3.63) is 72.9 Å². The number of carboxylic acids is 1. The third-order valence-electron chi connectivity index (χ3n) is 15.2. The first kappa shape index (κ1) is 78.7. The zero-order chi connectivity index (χ0) is 59.8. The molecule has 0 N–H and O–H groups in total. The van der Waals surface area contributed by atoms with Gasteiger partial charge in [0.2, 0.25) is 0 Å². The van der Waals surface area contributed by atoms with Gasteiger partial charge in [0.1, 0.15) is 13.2 Å². The second-order valence-corrected chi connectivity index (χ2v) is 24.4. The number of likely N-dealkylation sites (N-methyl/N-ethyl adjacent to an activating group) is 1. The van der Waals surface area contributed by atoms with E-state index in [0.717, 1.165) is 83.5 Å². The first-order valence-corrected chi connectivity index (χ1v) is 34.6. The van der Waals surface area contributed by atoms with E-state index in [1.807, 2.05) is 21.1 Å². The van der Waals surface area contributed by atoms with Crippen LogP contribution < -0.4 is 5.11 Å². The molecule has 0 aromatic carbocycles. The highest BCUT2D eigenvalue weighted by Crippen LogP contribution is 2.18. The molecule has 0 aromatic rings. The van der Waals surface area contributed by atoms with Crippen molar-refractivity contribution in [1.82, 2.24) is 0 Å². The number of hydrogen-bond acceptors (Lipinski definition) is 8. The van der Waals surface area contributed by atoms with E-state index >= 15 is 0 Å². The molecule has 0 aliphatic rings. The molecule has 0 amide bonds. The van der Waals surface area contributed by atoms with Crippen LogP contribution in [-0.2, 0) is 33.3 Å². The monoisotopic (exact) mass is 1150 g/mol. The van der Waals surface area contributed by atoms with Crippen molar-refractivity contribution >= 4 is 17.9 Å². The molecule has 0 radical (unpaired) electrons. The Morgan fingerprint density at radius 3 is 1.04 bits per heavy atom. The molecule has 82 heavy (non-hydrogen) atoms. The fourth-order valence-corrected chi connectivity index (χ4v) is 9.96. The maximum Gasteiger partial charge on any atom is 0.306 e. The summed E-state index contributed by atoms with van der Waals surface area (Å²) in [5, 5.41) is 11.8. The maximum absolute atomic E-state index is 12.9. The highest BCUT2D eigenvalue weighted by atomic mass is 16.7. The van der Waals surface area contributed by atoms with Crippen LogP contribution in [0.1, 0.15) is 316 Å². The van der Waals surface area contributed by atoms with Crippen molar-refractivity contribution < 1.29 is 42.9 Å². The number of rotatable bonds is 64. The topological polar surface area (TPSA) is 111 Å². The third kappa shape index (κ3) is 64.3. The second-order valence-electron chi connectivity index (χ2n) is 24.4. The molecule has 0 heterocycles. The van der Waals surface area contributed by atoms with E-state index in [1.165, 1.54) is 199 Å². The van der Waals surface area contributed by atoms with Crippen molar-refractivity contribution in [2.45, 2.75) is 328 Å². The van der Waals surface area contributed by atoms with Gasteiger partial charge in [-0.2, -0.15) is 0 Å². The number of unbranched alkanes of at least 4 members (excludes halogenated alkanes) is 37. The third-order valence-corrected chi connectivity index (χ3v) is 15.2. The van der Waals surface area contributed by atoms with Gasteiger partial charge in [-0.25, -0.2) is 0 Å². The van der Waals surface area contributed by atoms with E-state index in [4.69, 9.17) is 18.9 Å². The summed E-state index contributed by atoms with van der Waals surface area (Å²) in [5.41, 5.74) is 0. The lowest BCUT2D eigenvalue weighted by Gasteiger charge is -2.26. The minimum absolute atomic E-state index is 0.146. The molecule has 0 fully saturated rings. The van der Waals surface area contributed by atoms with E-state index in [0.29, 0.717) is 23.9 Å². The van der Waals surface area contributed by atoms with Crippen LogP contribution >= 0.6 is 0 Å². The number of esters is 2. The Morgan fingerprint density at radius 1 is 0.378 bits per heavy atom. The van der Waals surface area contributed by atoms with Gasteiger partial charge in [-0.3, -0.25) is 9.59 Å². The SMILES string of the molecule is CC/C=C\C/C=C\C/C=C\C/C=C\C/C=C\C/C=C\CCCCCCCCCCCCC(=O)OC(COC(=O)CCCCCCCCCCCCCCCCCCCCCCCCCCCCCC)COC(OCC[N+](C)(C)C)C(=O)[O-]. The molecule has 476 valence electrons. The zero-order valence-electron chi connectivity index (χ0n) is 54.4. The summed E-state index contributed by atoms with van der Waals surface area (Å²) in [6.45, 7) is 4.67. The molecule has 2 unspecified atom stereocenters. The highest BCUT2D eigenvalue weighted by Gasteiger charge is 2.22. The average Bonchev–Trinajstić information content (AvgIpc) is 3.47. The summed E-state index contributed by atoms with van der Waals surface area (Å²) in [5.74, 6) is -2.27. The van der Waals surface area contributed by atoms with Crippen LogP contribution in [0.4, 0.5) is 0 Å². The number of carbonyl (C=O) groups is 3. The van der Waals surface area contributed by atoms with E-state index < -0.39 is 24.3 Å². The standard InChI is InChI=1S/C73H131NO8/c1-6-8-10-12-14-16-18-20-22-24-26-28-30-32-34-36-38-40-42-44-46-48-50-52-54-56-58-60-62-64-71(76)82-69(68-81-73(72(77)78)79-66-65-74(3,4)5)67-80-70(75)63-61-59-57-55-53-51-49-47-45-43-41-39-37-35-33-31-29-27-25-23-21-19-17-15-13-11-9-7-2/h8,10,14,16,20,22,26,28,32,34,38,40,69,73H,6-7,9,11-13,15,17-19,21,23-25,27,29-31,33,35-37,39,41-68H2,1-5H3/b10-8-,16-14-,22-20-,28-26-,34-32-,40-38-. The molecular formula is C73H131NO8. The molecule has 0 rings (SSSR count). The quantitative estimate of drug-likeness (QED) is 0.0195. The molecule has 0 aliphatic carbocycles. The molecular weight excluding hydrogens is 1020 g/mol. The fraction of sp³-hybridized carbons (Fsp3) is 0.795. The van der Waals surface area contributed by atoms with Crippen LogP contribution in [0.3, 0.4) is 0 Å². The average molecular weight is 1150 g/mol. The van der Waals surface area contributed by atoms with Crippen LogP contribution in [-0.4, -0.2) is 82.3 Å². The number of nitrogens with zero attached hydrogens (tertiary/aromatic N) is 1. The smallest absolute Gasteiger partial charge is 0.306 e. The first-order valence-electron chi connectivity index (χ1n) is 34.6. The molecule has 9 heteroatoms. The van der Waals surface area contributed by atoms with E-state index in [-0.39, 0.29) is 32.2 Å². The predicted molar refractivity (Wildman–Crippen MR) is 348 cm³/mol.